The monoisotopic (exact) mass is 412 g/mol. The smallest absolute Gasteiger partial charge is 0.163 e. The first kappa shape index (κ1) is 20.3. The van der Waals surface area contributed by atoms with Crippen LogP contribution in [0.15, 0.2) is 78.0 Å². The second-order valence-electron chi connectivity index (χ2n) is 6.86. The molecule has 0 atom stereocenters. The van der Waals surface area contributed by atoms with Crippen LogP contribution in [0.1, 0.15) is 18.2 Å². The molecule has 0 fully saturated rings. The molecule has 0 amide bonds. The van der Waals surface area contributed by atoms with E-state index in [0.29, 0.717) is 11.5 Å². The van der Waals surface area contributed by atoms with E-state index in [-0.39, 0.29) is 0 Å². The fraction of sp³-hybridized carbons (Fsp3) is 0.160. The molecule has 4 rings (SSSR count). The van der Waals surface area contributed by atoms with Crippen molar-refractivity contribution in [2.45, 2.75) is 13.3 Å². The number of nitrogens with zero attached hydrogens (tertiary/aromatic N) is 4. The highest BCUT2D eigenvalue weighted by molar-refractivity contribution is 5.86. The quantitative estimate of drug-likeness (QED) is 0.388. The molecule has 0 saturated carbocycles. The van der Waals surface area contributed by atoms with E-state index >= 15 is 0 Å². The number of para-hydroxylation sites is 1. The standard InChI is InChI=1S/C25H24N4O2/c1-4-21-24(19-12-13-22(30-2)23(15-19)31-3)25(27-17-18-9-8-14-26-16-18)29(28-21)20-10-6-5-7-11-20/h5-17H,4H2,1-3H3/b27-17+. The molecule has 6 heteroatoms. The van der Waals surface area contributed by atoms with Gasteiger partial charge in [-0.25, -0.2) is 9.67 Å². The van der Waals surface area contributed by atoms with E-state index in [1.54, 1.807) is 26.6 Å². The maximum Gasteiger partial charge on any atom is 0.163 e. The molecule has 0 saturated heterocycles. The molecular formula is C25H24N4O2. The van der Waals surface area contributed by atoms with Crippen LogP contribution in [0.4, 0.5) is 5.82 Å². The van der Waals surface area contributed by atoms with Gasteiger partial charge in [-0.1, -0.05) is 37.3 Å². The largest absolute Gasteiger partial charge is 0.493 e. The summed E-state index contributed by atoms with van der Waals surface area (Å²) in [5.41, 5.74) is 4.75. The maximum atomic E-state index is 5.53. The SMILES string of the molecule is CCc1nn(-c2ccccc2)c(/N=C/c2cccnc2)c1-c1ccc(OC)c(OC)c1. The van der Waals surface area contributed by atoms with Crippen molar-refractivity contribution in [3.8, 4) is 28.3 Å². The summed E-state index contributed by atoms with van der Waals surface area (Å²) >= 11 is 0. The molecule has 6 nitrogen and oxygen atoms in total. The van der Waals surface area contributed by atoms with Gasteiger partial charge in [-0.3, -0.25) is 4.98 Å². The highest BCUT2D eigenvalue weighted by atomic mass is 16.5. The molecule has 0 radical (unpaired) electrons. The van der Waals surface area contributed by atoms with Gasteiger partial charge in [0, 0.05) is 29.7 Å². The van der Waals surface area contributed by atoms with Gasteiger partial charge in [0.05, 0.1) is 25.6 Å². The van der Waals surface area contributed by atoms with Crippen molar-refractivity contribution in [3.63, 3.8) is 0 Å². The summed E-state index contributed by atoms with van der Waals surface area (Å²) < 4.78 is 12.8. The van der Waals surface area contributed by atoms with Crippen molar-refractivity contribution in [1.82, 2.24) is 14.8 Å². The van der Waals surface area contributed by atoms with Gasteiger partial charge in [0.1, 0.15) is 0 Å². The molecule has 0 bridgehead atoms. The van der Waals surface area contributed by atoms with Crippen LogP contribution >= 0.6 is 0 Å². The molecule has 0 unspecified atom stereocenters. The van der Waals surface area contributed by atoms with Crippen LogP contribution in [0.5, 0.6) is 11.5 Å². The molecule has 2 aromatic heterocycles. The topological polar surface area (TPSA) is 61.5 Å². The van der Waals surface area contributed by atoms with Crippen LogP contribution in [-0.4, -0.2) is 35.2 Å². The van der Waals surface area contributed by atoms with E-state index in [1.807, 2.05) is 71.6 Å². The number of benzene rings is 2. The molecular weight excluding hydrogens is 388 g/mol. The lowest BCUT2D eigenvalue weighted by atomic mass is 10.0. The lowest BCUT2D eigenvalue weighted by molar-refractivity contribution is 0.355. The number of hydrogen-bond acceptors (Lipinski definition) is 5. The first-order valence-electron chi connectivity index (χ1n) is 10.1. The van der Waals surface area contributed by atoms with E-state index in [0.717, 1.165) is 40.3 Å². The predicted octanol–water partition coefficient (Wildman–Crippen LogP) is 5.26. The predicted molar refractivity (Wildman–Crippen MR) is 123 cm³/mol. The number of hydrogen-bond donors (Lipinski definition) is 0. The highest BCUT2D eigenvalue weighted by Gasteiger charge is 2.20. The van der Waals surface area contributed by atoms with Gasteiger partial charge < -0.3 is 9.47 Å². The average Bonchev–Trinajstić information content (AvgIpc) is 3.22. The third-order valence-corrected chi connectivity index (χ3v) is 4.96. The highest BCUT2D eigenvalue weighted by Crippen LogP contribution is 2.39. The lowest BCUT2D eigenvalue weighted by Gasteiger charge is -2.10. The number of rotatable bonds is 7. The molecule has 2 aromatic carbocycles. The van der Waals surface area contributed by atoms with Crippen LogP contribution in [-0.2, 0) is 6.42 Å². The molecule has 0 aliphatic rings. The summed E-state index contributed by atoms with van der Waals surface area (Å²) in [4.78, 5) is 9.04. The van der Waals surface area contributed by atoms with Crippen LogP contribution in [0.2, 0.25) is 0 Å². The van der Waals surface area contributed by atoms with Gasteiger partial charge in [-0.15, -0.1) is 0 Å². The van der Waals surface area contributed by atoms with Gasteiger partial charge >= 0.3 is 0 Å². The number of aryl methyl sites for hydroxylation is 1. The molecule has 0 aliphatic heterocycles. The Morgan fingerprint density at radius 1 is 0.968 bits per heavy atom. The van der Waals surface area contributed by atoms with Gasteiger partial charge in [0.25, 0.3) is 0 Å². The first-order valence-corrected chi connectivity index (χ1v) is 10.1. The second kappa shape index (κ2) is 9.26. The maximum absolute atomic E-state index is 5.53. The average molecular weight is 412 g/mol. The van der Waals surface area contributed by atoms with E-state index in [2.05, 4.69) is 11.9 Å². The van der Waals surface area contributed by atoms with E-state index in [9.17, 15) is 0 Å². The van der Waals surface area contributed by atoms with Crippen molar-refractivity contribution >= 4 is 12.0 Å². The Morgan fingerprint density at radius 2 is 1.77 bits per heavy atom. The number of pyridine rings is 1. The van der Waals surface area contributed by atoms with Crippen molar-refractivity contribution < 1.29 is 9.47 Å². The number of aromatic nitrogens is 3. The fourth-order valence-corrected chi connectivity index (χ4v) is 3.44. The van der Waals surface area contributed by atoms with Gasteiger partial charge in [0.2, 0.25) is 0 Å². The second-order valence-corrected chi connectivity index (χ2v) is 6.86. The summed E-state index contributed by atoms with van der Waals surface area (Å²) in [6.07, 6.45) is 6.10. The van der Waals surface area contributed by atoms with Crippen molar-refractivity contribution in [2.75, 3.05) is 14.2 Å². The molecule has 156 valence electrons. The van der Waals surface area contributed by atoms with E-state index in [4.69, 9.17) is 19.6 Å². The molecule has 0 spiro atoms. The Balaban J connectivity index is 1.93. The fourth-order valence-electron chi connectivity index (χ4n) is 3.44. The normalized spacial score (nSPS) is 11.1. The zero-order valence-electron chi connectivity index (χ0n) is 17.8. The molecule has 2 heterocycles. The minimum atomic E-state index is 0.664. The Kier molecular flexibility index (Phi) is 6.08. The third kappa shape index (κ3) is 4.19. The molecule has 4 aromatic rings. The zero-order valence-corrected chi connectivity index (χ0v) is 17.8. The van der Waals surface area contributed by atoms with Crippen LogP contribution in [0, 0.1) is 0 Å². The molecule has 0 N–H and O–H groups in total. The summed E-state index contributed by atoms with van der Waals surface area (Å²) in [7, 11) is 3.27. The van der Waals surface area contributed by atoms with E-state index < -0.39 is 0 Å². The minimum Gasteiger partial charge on any atom is -0.493 e. The lowest BCUT2D eigenvalue weighted by Crippen LogP contribution is -1.96. The van der Waals surface area contributed by atoms with Gasteiger partial charge in [-0.05, 0) is 42.3 Å². The number of ether oxygens (including phenoxy) is 2. The Labute approximate surface area is 181 Å². The van der Waals surface area contributed by atoms with Crippen LogP contribution < -0.4 is 9.47 Å². The van der Waals surface area contributed by atoms with Crippen molar-refractivity contribution in [3.05, 3.63) is 84.3 Å². The first-order chi connectivity index (χ1) is 15.2. The minimum absolute atomic E-state index is 0.664. The summed E-state index contributed by atoms with van der Waals surface area (Å²) in [6.45, 7) is 2.09. The number of methoxy groups -OCH3 is 2. The Hall–Kier alpha value is -3.93. The van der Waals surface area contributed by atoms with Gasteiger partial charge in [0.15, 0.2) is 17.3 Å². The summed E-state index contributed by atoms with van der Waals surface area (Å²) in [5, 5.41) is 4.90. The van der Waals surface area contributed by atoms with Crippen molar-refractivity contribution in [1.29, 1.82) is 0 Å². The molecule has 0 aliphatic carbocycles. The van der Waals surface area contributed by atoms with Crippen molar-refractivity contribution in [2.24, 2.45) is 4.99 Å². The Morgan fingerprint density at radius 3 is 2.45 bits per heavy atom. The third-order valence-electron chi connectivity index (χ3n) is 4.96. The van der Waals surface area contributed by atoms with Gasteiger partial charge in [-0.2, -0.15) is 5.10 Å². The zero-order chi connectivity index (χ0) is 21.6. The Bertz CT molecular complexity index is 1190. The summed E-state index contributed by atoms with van der Waals surface area (Å²) in [6, 6.07) is 19.8. The van der Waals surface area contributed by atoms with Crippen LogP contribution in [0.3, 0.4) is 0 Å². The summed E-state index contributed by atoms with van der Waals surface area (Å²) in [5.74, 6) is 2.09. The molecule has 31 heavy (non-hydrogen) atoms. The number of aliphatic imine (C=N–C) groups is 1. The van der Waals surface area contributed by atoms with E-state index in [1.165, 1.54) is 0 Å². The van der Waals surface area contributed by atoms with Crippen LogP contribution in [0.25, 0.3) is 16.8 Å².